The topological polar surface area (TPSA) is 22.2 Å². The number of imidazole rings is 1. The summed E-state index contributed by atoms with van der Waals surface area (Å²) in [5.41, 5.74) is 8.02. The number of benzene rings is 6. The lowest BCUT2D eigenvalue weighted by Crippen LogP contribution is -1.95. The van der Waals surface area contributed by atoms with Crippen LogP contribution in [-0.4, -0.2) is 14.0 Å². The van der Waals surface area contributed by atoms with Crippen LogP contribution in [0.1, 0.15) is 0 Å². The van der Waals surface area contributed by atoms with Crippen LogP contribution < -0.4 is 0 Å². The van der Waals surface area contributed by atoms with Crippen molar-refractivity contribution in [3.8, 4) is 16.9 Å². The van der Waals surface area contributed by atoms with Crippen molar-refractivity contribution in [3.05, 3.63) is 140 Å². The number of hydrogen-bond donors (Lipinski definition) is 0. The first-order valence-corrected chi connectivity index (χ1v) is 13.6. The van der Waals surface area contributed by atoms with Gasteiger partial charge < -0.3 is 4.57 Å². The van der Waals surface area contributed by atoms with E-state index in [9.17, 15) is 0 Å². The van der Waals surface area contributed by atoms with Crippen molar-refractivity contribution in [2.24, 2.45) is 0 Å². The SMILES string of the molecule is c1ccc2c(c1)c1ccccc1n1c(-c3ccc4ccc(-n5c6ccccc6c6ccccc65)cc4c3)cnc21. The lowest BCUT2D eigenvalue weighted by molar-refractivity contribution is 1.19. The second-order valence-electron chi connectivity index (χ2n) is 10.5. The van der Waals surface area contributed by atoms with Crippen molar-refractivity contribution >= 4 is 59.9 Å². The van der Waals surface area contributed by atoms with Crippen LogP contribution in [0.25, 0.3) is 76.8 Å². The van der Waals surface area contributed by atoms with Gasteiger partial charge in [0.15, 0.2) is 0 Å². The quantitative estimate of drug-likeness (QED) is 0.213. The Kier molecular flexibility index (Phi) is 4.33. The summed E-state index contributed by atoms with van der Waals surface area (Å²) in [6, 6.07) is 48.1. The van der Waals surface area contributed by atoms with Gasteiger partial charge in [-0.05, 0) is 52.6 Å². The number of aromatic nitrogens is 3. The molecule has 0 N–H and O–H groups in total. The molecule has 9 aromatic rings. The number of nitrogens with zero attached hydrogens (tertiary/aromatic N) is 3. The Balaban J connectivity index is 1.30. The van der Waals surface area contributed by atoms with Crippen LogP contribution in [0.4, 0.5) is 0 Å². The highest BCUT2D eigenvalue weighted by Gasteiger charge is 2.15. The molecule has 0 unspecified atom stereocenters. The largest absolute Gasteiger partial charge is 0.309 e. The van der Waals surface area contributed by atoms with Gasteiger partial charge in [0.1, 0.15) is 5.65 Å². The predicted octanol–water partition coefficient (Wildman–Crippen LogP) is 9.56. The van der Waals surface area contributed by atoms with E-state index in [0.717, 1.165) is 22.6 Å². The number of para-hydroxylation sites is 3. The molecule has 9 rings (SSSR count). The van der Waals surface area contributed by atoms with Crippen LogP contribution in [0.2, 0.25) is 0 Å². The molecular weight excluding hydrogens is 486 g/mol. The summed E-state index contributed by atoms with van der Waals surface area (Å²) in [5.74, 6) is 0. The summed E-state index contributed by atoms with van der Waals surface area (Å²) >= 11 is 0. The van der Waals surface area contributed by atoms with Crippen molar-refractivity contribution in [3.63, 3.8) is 0 Å². The number of hydrogen-bond acceptors (Lipinski definition) is 1. The molecule has 0 radical (unpaired) electrons. The average Bonchev–Trinajstić information content (AvgIpc) is 3.61. The van der Waals surface area contributed by atoms with Gasteiger partial charge in [0, 0.05) is 32.8 Å². The summed E-state index contributed by atoms with van der Waals surface area (Å²) in [5, 5.41) is 8.61. The first kappa shape index (κ1) is 21.5. The summed E-state index contributed by atoms with van der Waals surface area (Å²) in [6.07, 6.45) is 2.02. The van der Waals surface area contributed by atoms with Crippen LogP contribution in [0.3, 0.4) is 0 Å². The predicted molar refractivity (Wildman–Crippen MR) is 167 cm³/mol. The van der Waals surface area contributed by atoms with E-state index < -0.39 is 0 Å². The fourth-order valence-electron chi connectivity index (χ4n) is 6.53. The zero-order valence-corrected chi connectivity index (χ0v) is 21.6. The van der Waals surface area contributed by atoms with E-state index in [0.29, 0.717) is 0 Å². The molecule has 0 aliphatic carbocycles. The molecule has 6 aromatic carbocycles. The third kappa shape index (κ3) is 2.92. The van der Waals surface area contributed by atoms with Gasteiger partial charge in [0.2, 0.25) is 0 Å². The summed E-state index contributed by atoms with van der Waals surface area (Å²) in [7, 11) is 0. The van der Waals surface area contributed by atoms with Crippen molar-refractivity contribution in [1.82, 2.24) is 14.0 Å². The van der Waals surface area contributed by atoms with Crippen molar-refractivity contribution in [2.75, 3.05) is 0 Å². The standard InChI is InChI=1S/C37H23N3/c1-2-13-32-28(9-1)29-10-3-8-16-35(29)40-36(23-38-37(32)40)25-18-17-24-19-20-27(22-26(24)21-25)39-33-14-6-4-11-30(33)31-12-5-7-15-34(31)39/h1-23H. The van der Waals surface area contributed by atoms with Gasteiger partial charge in [-0.25, -0.2) is 4.98 Å². The third-order valence-corrected chi connectivity index (χ3v) is 8.32. The Morgan fingerprint density at radius 1 is 0.450 bits per heavy atom. The van der Waals surface area contributed by atoms with Crippen LogP contribution >= 0.6 is 0 Å². The van der Waals surface area contributed by atoms with Gasteiger partial charge in [-0.1, -0.05) is 97.1 Å². The molecular formula is C37H23N3. The van der Waals surface area contributed by atoms with E-state index in [-0.39, 0.29) is 0 Å². The maximum Gasteiger partial charge on any atom is 0.145 e. The average molecular weight is 510 g/mol. The van der Waals surface area contributed by atoms with E-state index in [1.807, 2.05) is 6.20 Å². The molecule has 0 saturated heterocycles. The van der Waals surface area contributed by atoms with Gasteiger partial charge in [-0.15, -0.1) is 0 Å². The molecule has 0 fully saturated rings. The highest BCUT2D eigenvalue weighted by atomic mass is 15.0. The van der Waals surface area contributed by atoms with E-state index in [1.165, 1.54) is 54.3 Å². The maximum atomic E-state index is 4.94. The monoisotopic (exact) mass is 509 g/mol. The molecule has 0 aliphatic rings. The Morgan fingerprint density at radius 2 is 1.02 bits per heavy atom. The molecule has 0 spiro atoms. The van der Waals surface area contributed by atoms with E-state index in [4.69, 9.17) is 4.98 Å². The van der Waals surface area contributed by atoms with Gasteiger partial charge in [0.25, 0.3) is 0 Å². The van der Waals surface area contributed by atoms with Gasteiger partial charge in [-0.2, -0.15) is 0 Å². The molecule has 3 heteroatoms. The van der Waals surface area contributed by atoms with E-state index in [1.54, 1.807) is 0 Å². The molecule has 0 atom stereocenters. The van der Waals surface area contributed by atoms with Gasteiger partial charge in [0.05, 0.1) is 28.4 Å². The molecule has 40 heavy (non-hydrogen) atoms. The van der Waals surface area contributed by atoms with Crippen LogP contribution in [-0.2, 0) is 0 Å². The van der Waals surface area contributed by atoms with Crippen molar-refractivity contribution < 1.29 is 0 Å². The van der Waals surface area contributed by atoms with Crippen molar-refractivity contribution in [2.45, 2.75) is 0 Å². The van der Waals surface area contributed by atoms with Crippen molar-refractivity contribution in [1.29, 1.82) is 0 Å². The first-order valence-electron chi connectivity index (χ1n) is 13.6. The van der Waals surface area contributed by atoms with Crippen LogP contribution in [0.15, 0.2) is 140 Å². The van der Waals surface area contributed by atoms with Crippen LogP contribution in [0, 0.1) is 0 Å². The zero-order valence-electron chi connectivity index (χ0n) is 21.6. The van der Waals surface area contributed by atoms with Crippen LogP contribution in [0.5, 0.6) is 0 Å². The Morgan fingerprint density at radius 3 is 1.75 bits per heavy atom. The van der Waals surface area contributed by atoms with Gasteiger partial charge >= 0.3 is 0 Å². The Hall–Kier alpha value is -5.41. The third-order valence-electron chi connectivity index (χ3n) is 8.32. The normalized spacial score (nSPS) is 12.0. The smallest absolute Gasteiger partial charge is 0.145 e. The summed E-state index contributed by atoms with van der Waals surface area (Å²) < 4.78 is 4.69. The lowest BCUT2D eigenvalue weighted by atomic mass is 10.0. The first-order chi connectivity index (χ1) is 19.8. The molecule has 0 saturated carbocycles. The van der Waals surface area contributed by atoms with Gasteiger partial charge in [-0.3, -0.25) is 4.40 Å². The van der Waals surface area contributed by atoms with E-state index in [2.05, 4.69) is 142 Å². The molecule has 3 aromatic heterocycles. The number of pyridine rings is 1. The summed E-state index contributed by atoms with van der Waals surface area (Å²) in [6.45, 7) is 0. The van der Waals surface area contributed by atoms with E-state index >= 15 is 0 Å². The molecule has 0 amide bonds. The zero-order chi connectivity index (χ0) is 26.2. The molecule has 186 valence electrons. The Labute approximate surface area is 230 Å². The molecule has 3 nitrogen and oxygen atoms in total. The second-order valence-corrected chi connectivity index (χ2v) is 10.5. The fraction of sp³-hybridized carbons (Fsp3) is 0. The molecule has 0 aliphatic heterocycles. The number of fused-ring (bicyclic) bond motifs is 10. The highest BCUT2D eigenvalue weighted by Crippen LogP contribution is 2.36. The Bertz CT molecular complexity index is 2390. The fourth-order valence-corrected chi connectivity index (χ4v) is 6.53. The summed E-state index contributed by atoms with van der Waals surface area (Å²) in [4.78, 5) is 4.94. The minimum absolute atomic E-state index is 0.989. The minimum atomic E-state index is 0.989. The molecule has 3 heterocycles. The lowest BCUT2D eigenvalue weighted by Gasteiger charge is -2.12. The maximum absolute atomic E-state index is 4.94. The minimum Gasteiger partial charge on any atom is -0.309 e. The second kappa shape index (κ2) is 8.05. The highest BCUT2D eigenvalue weighted by molar-refractivity contribution is 6.12. The molecule has 0 bridgehead atoms. The number of rotatable bonds is 2.